The topological polar surface area (TPSA) is 76.2 Å². The summed E-state index contributed by atoms with van der Waals surface area (Å²) in [5.41, 5.74) is 0.995. The molecule has 29 heavy (non-hydrogen) atoms. The third kappa shape index (κ3) is 6.42. The largest absolute Gasteiger partial charge is 0.494 e. The summed E-state index contributed by atoms with van der Waals surface area (Å²) in [5, 5.41) is 0. The first kappa shape index (κ1) is 22.1. The van der Waals surface area contributed by atoms with E-state index in [-0.39, 0.29) is 18.1 Å². The zero-order valence-corrected chi connectivity index (χ0v) is 18.2. The molecule has 0 bridgehead atoms. The fraction of sp³-hybridized carbons (Fsp3) is 0.667. The molecule has 2 heterocycles. The second-order valence-corrected chi connectivity index (χ2v) is 9.81. The van der Waals surface area contributed by atoms with E-state index < -0.39 is 10.0 Å². The van der Waals surface area contributed by atoms with Crippen molar-refractivity contribution in [2.75, 3.05) is 39.0 Å². The van der Waals surface area contributed by atoms with Crippen molar-refractivity contribution in [1.82, 2.24) is 9.21 Å². The van der Waals surface area contributed by atoms with Crippen LogP contribution in [0.25, 0.3) is 0 Å². The van der Waals surface area contributed by atoms with E-state index in [4.69, 9.17) is 9.47 Å². The molecular weight excluding hydrogens is 392 g/mol. The normalized spacial score (nSPS) is 20.0. The molecule has 0 saturated carbocycles. The Labute approximate surface area is 174 Å². The number of hydrogen-bond acceptors (Lipinski definition) is 5. The number of likely N-dealkylation sites (tertiary alicyclic amines) is 1. The number of carbonyl (C=O) groups is 1. The Morgan fingerprint density at radius 1 is 1.00 bits per heavy atom. The van der Waals surface area contributed by atoms with Crippen molar-refractivity contribution >= 4 is 15.9 Å². The van der Waals surface area contributed by atoms with Gasteiger partial charge < -0.3 is 14.4 Å². The number of ether oxygens (including phenoxy) is 2. The van der Waals surface area contributed by atoms with Gasteiger partial charge in [-0.3, -0.25) is 4.79 Å². The molecule has 7 nitrogen and oxygen atoms in total. The first-order valence-corrected chi connectivity index (χ1v) is 12.3. The minimum absolute atomic E-state index is 0.115. The van der Waals surface area contributed by atoms with Gasteiger partial charge in [0.15, 0.2) is 0 Å². The lowest BCUT2D eigenvalue weighted by atomic mass is 10.0. The molecule has 2 saturated heterocycles. The lowest BCUT2D eigenvalue weighted by Crippen LogP contribution is -2.45. The van der Waals surface area contributed by atoms with Gasteiger partial charge in [-0.15, -0.1) is 0 Å². The molecule has 2 fully saturated rings. The van der Waals surface area contributed by atoms with Gasteiger partial charge in [0.2, 0.25) is 15.9 Å². The molecule has 0 aliphatic carbocycles. The molecular formula is C21H32N2O5S. The van der Waals surface area contributed by atoms with E-state index in [1.54, 1.807) is 0 Å². The van der Waals surface area contributed by atoms with E-state index in [1.165, 1.54) is 10.6 Å². The van der Waals surface area contributed by atoms with Crippen LogP contribution in [0.2, 0.25) is 0 Å². The van der Waals surface area contributed by atoms with Gasteiger partial charge in [0.1, 0.15) is 5.75 Å². The quantitative estimate of drug-likeness (QED) is 0.670. The Morgan fingerprint density at radius 3 is 2.07 bits per heavy atom. The van der Waals surface area contributed by atoms with Gasteiger partial charge in [-0.25, -0.2) is 12.7 Å². The first-order valence-electron chi connectivity index (χ1n) is 10.4. The van der Waals surface area contributed by atoms with Crippen molar-refractivity contribution in [1.29, 1.82) is 0 Å². The fourth-order valence-electron chi connectivity index (χ4n) is 3.97. The second-order valence-electron chi connectivity index (χ2n) is 7.83. The van der Waals surface area contributed by atoms with Crippen molar-refractivity contribution in [2.45, 2.75) is 51.2 Å². The van der Waals surface area contributed by atoms with E-state index in [0.29, 0.717) is 39.2 Å². The lowest BCUT2D eigenvalue weighted by molar-refractivity contribution is -0.134. The van der Waals surface area contributed by atoms with Crippen molar-refractivity contribution in [2.24, 2.45) is 0 Å². The van der Waals surface area contributed by atoms with Crippen molar-refractivity contribution in [3.8, 4) is 5.75 Å². The predicted octanol–water partition coefficient (Wildman–Crippen LogP) is 2.06. The Morgan fingerprint density at radius 2 is 1.55 bits per heavy atom. The maximum atomic E-state index is 12.6. The number of benzene rings is 1. The highest BCUT2D eigenvalue weighted by Crippen LogP contribution is 2.22. The standard InChI is InChI=1S/C21H32N2O5S/c1-3-27-18-6-4-17(5-7-18)16-21(24)22-12-8-19(9-13-22)28-20-10-14-23(15-11-20)29(2,25)26/h4-7,19-20H,3,8-16H2,1-2H3. The lowest BCUT2D eigenvalue weighted by Gasteiger charge is -2.36. The van der Waals surface area contributed by atoms with Crippen LogP contribution < -0.4 is 4.74 Å². The Bertz CT molecular complexity index is 765. The third-order valence-electron chi connectivity index (χ3n) is 5.64. The number of piperidine rings is 2. The van der Waals surface area contributed by atoms with Gasteiger partial charge in [-0.1, -0.05) is 12.1 Å². The summed E-state index contributed by atoms with van der Waals surface area (Å²) < 4.78 is 36.4. The molecule has 2 aliphatic rings. The number of sulfonamides is 1. The summed E-state index contributed by atoms with van der Waals surface area (Å²) in [7, 11) is -3.10. The summed E-state index contributed by atoms with van der Waals surface area (Å²) in [6.07, 6.45) is 5.08. The number of carbonyl (C=O) groups excluding carboxylic acids is 1. The average Bonchev–Trinajstić information content (AvgIpc) is 2.70. The van der Waals surface area contributed by atoms with Crippen LogP contribution in [0.15, 0.2) is 24.3 Å². The minimum atomic E-state index is -3.10. The number of rotatable bonds is 7. The van der Waals surface area contributed by atoms with Crippen LogP contribution >= 0.6 is 0 Å². The van der Waals surface area contributed by atoms with Gasteiger partial charge in [0.25, 0.3) is 0 Å². The molecule has 1 aromatic carbocycles. The van der Waals surface area contributed by atoms with E-state index in [0.717, 1.165) is 37.0 Å². The molecule has 2 aliphatic heterocycles. The van der Waals surface area contributed by atoms with Crippen LogP contribution in [-0.4, -0.2) is 74.8 Å². The zero-order chi connectivity index (χ0) is 20.9. The highest BCUT2D eigenvalue weighted by molar-refractivity contribution is 7.88. The molecule has 0 radical (unpaired) electrons. The fourth-order valence-corrected chi connectivity index (χ4v) is 4.84. The minimum Gasteiger partial charge on any atom is -0.494 e. The maximum Gasteiger partial charge on any atom is 0.226 e. The van der Waals surface area contributed by atoms with Gasteiger partial charge in [0.05, 0.1) is 31.5 Å². The van der Waals surface area contributed by atoms with Crippen LogP contribution in [0.5, 0.6) is 5.75 Å². The Kier molecular flexibility index (Phi) is 7.54. The molecule has 0 atom stereocenters. The van der Waals surface area contributed by atoms with Gasteiger partial charge in [0, 0.05) is 26.2 Å². The molecule has 1 aromatic rings. The molecule has 0 unspecified atom stereocenters. The van der Waals surface area contributed by atoms with Crippen LogP contribution in [0.1, 0.15) is 38.2 Å². The van der Waals surface area contributed by atoms with Crippen LogP contribution in [-0.2, 0) is 26.0 Å². The summed E-state index contributed by atoms with van der Waals surface area (Å²) in [6, 6.07) is 7.70. The smallest absolute Gasteiger partial charge is 0.226 e. The number of nitrogens with zero attached hydrogens (tertiary/aromatic N) is 2. The highest BCUT2D eigenvalue weighted by atomic mass is 32.2. The summed E-state index contributed by atoms with van der Waals surface area (Å²) in [4.78, 5) is 14.5. The van der Waals surface area contributed by atoms with E-state index >= 15 is 0 Å². The highest BCUT2D eigenvalue weighted by Gasteiger charge is 2.29. The molecule has 0 aromatic heterocycles. The summed E-state index contributed by atoms with van der Waals surface area (Å²) in [6.45, 7) is 5.06. The molecule has 8 heteroatoms. The predicted molar refractivity (Wildman–Crippen MR) is 111 cm³/mol. The van der Waals surface area contributed by atoms with Crippen LogP contribution in [0, 0.1) is 0 Å². The van der Waals surface area contributed by atoms with Gasteiger partial charge >= 0.3 is 0 Å². The molecule has 1 amide bonds. The maximum absolute atomic E-state index is 12.6. The van der Waals surface area contributed by atoms with Gasteiger partial charge in [-0.2, -0.15) is 0 Å². The zero-order valence-electron chi connectivity index (χ0n) is 17.4. The summed E-state index contributed by atoms with van der Waals surface area (Å²) >= 11 is 0. The monoisotopic (exact) mass is 424 g/mol. The molecule has 162 valence electrons. The third-order valence-corrected chi connectivity index (χ3v) is 6.94. The van der Waals surface area contributed by atoms with Crippen LogP contribution in [0.4, 0.5) is 0 Å². The van der Waals surface area contributed by atoms with E-state index in [2.05, 4.69) is 0 Å². The molecule has 0 spiro atoms. The molecule has 3 rings (SSSR count). The van der Waals surface area contributed by atoms with E-state index in [9.17, 15) is 13.2 Å². The van der Waals surface area contributed by atoms with E-state index in [1.807, 2.05) is 36.1 Å². The number of hydrogen-bond donors (Lipinski definition) is 0. The average molecular weight is 425 g/mol. The molecule has 0 N–H and O–H groups in total. The SMILES string of the molecule is CCOc1ccc(CC(=O)N2CCC(OC3CCN(S(C)(=O)=O)CC3)CC2)cc1. The van der Waals surface area contributed by atoms with Crippen LogP contribution in [0.3, 0.4) is 0 Å². The van der Waals surface area contributed by atoms with Crippen molar-refractivity contribution < 1.29 is 22.7 Å². The van der Waals surface area contributed by atoms with Gasteiger partial charge in [-0.05, 0) is 50.3 Å². The van der Waals surface area contributed by atoms with Crippen molar-refractivity contribution in [3.05, 3.63) is 29.8 Å². The second kappa shape index (κ2) is 9.91. The number of amides is 1. The first-order chi connectivity index (χ1) is 13.8. The Balaban J connectivity index is 1.39. The summed E-state index contributed by atoms with van der Waals surface area (Å²) in [5.74, 6) is 0.970. The van der Waals surface area contributed by atoms with Crippen molar-refractivity contribution in [3.63, 3.8) is 0 Å². The Hall–Kier alpha value is -1.64.